The monoisotopic (exact) mass is 254 g/mol. The van der Waals surface area contributed by atoms with E-state index < -0.39 is 0 Å². The molecule has 0 aliphatic rings. The van der Waals surface area contributed by atoms with Crippen LogP contribution >= 0.6 is 0 Å². The topological polar surface area (TPSA) is 49.4 Å². The Balaban J connectivity index is 4.02. The van der Waals surface area contributed by atoms with E-state index in [2.05, 4.69) is 5.32 Å². The predicted molar refractivity (Wildman–Crippen MR) is 74.4 cm³/mol. The van der Waals surface area contributed by atoms with Gasteiger partial charge in [0, 0.05) is 18.0 Å². The molecule has 104 valence electrons. The molecule has 18 heavy (non-hydrogen) atoms. The van der Waals surface area contributed by atoms with E-state index in [0.29, 0.717) is 13.1 Å². The Morgan fingerprint density at radius 1 is 1.28 bits per heavy atom. The van der Waals surface area contributed by atoms with Crippen molar-refractivity contribution in [3.05, 3.63) is 12.2 Å². The number of carbonyl (C=O) groups excluding carboxylic acids is 2. The Bertz CT molecular complexity index is 314. The van der Waals surface area contributed by atoms with Crippen molar-refractivity contribution in [2.24, 2.45) is 5.92 Å². The number of likely N-dealkylation sites (N-methyl/N-ethyl adjacent to an activating group) is 1. The first kappa shape index (κ1) is 16.8. The Kier molecular flexibility index (Phi) is 6.84. The SMILES string of the molecule is CC(C)C(=O)/C=C/CN(C)CC(=O)NC(C)(C)C. The van der Waals surface area contributed by atoms with Crippen LogP contribution in [0.25, 0.3) is 0 Å². The summed E-state index contributed by atoms with van der Waals surface area (Å²) in [5.74, 6) is 0.131. The molecule has 0 unspecified atom stereocenters. The van der Waals surface area contributed by atoms with Gasteiger partial charge in [0.15, 0.2) is 5.78 Å². The summed E-state index contributed by atoms with van der Waals surface area (Å²) in [6.45, 7) is 10.5. The Morgan fingerprint density at radius 2 is 1.83 bits per heavy atom. The van der Waals surface area contributed by atoms with E-state index in [0.717, 1.165) is 0 Å². The third-order valence-electron chi connectivity index (χ3n) is 2.20. The fraction of sp³-hybridized carbons (Fsp3) is 0.714. The molecule has 0 aromatic rings. The molecule has 0 aliphatic carbocycles. The molecule has 0 bridgehead atoms. The highest BCUT2D eigenvalue weighted by atomic mass is 16.2. The van der Waals surface area contributed by atoms with Crippen LogP contribution in [0, 0.1) is 5.92 Å². The smallest absolute Gasteiger partial charge is 0.234 e. The lowest BCUT2D eigenvalue weighted by atomic mass is 10.1. The third kappa shape index (κ3) is 8.93. The van der Waals surface area contributed by atoms with Crippen molar-refractivity contribution in [1.82, 2.24) is 10.2 Å². The summed E-state index contributed by atoms with van der Waals surface area (Å²) in [6, 6.07) is 0. The minimum absolute atomic E-state index is 0.00594. The van der Waals surface area contributed by atoms with E-state index in [-0.39, 0.29) is 23.1 Å². The molecule has 0 rings (SSSR count). The molecule has 0 fully saturated rings. The number of nitrogens with one attached hydrogen (secondary N) is 1. The van der Waals surface area contributed by atoms with Gasteiger partial charge in [0.25, 0.3) is 0 Å². The number of hydrogen-bond donors (Lipinski definition) is 1. The highest BCUT2D eigenvalue weighted by molar-refractivity contribution is 5.91. The Labute approximate surface area is 110 Å². The molecule has 0 radical (unpaired) electrons. The van der Waals surface area contributed by atoms with Crippen molar-refractivity contribution in [3.8, 4) is 0 Å². The number of ketones is 1. The fourth-order valence-corrected chi connectivity index (χ4v) is 1.31. The molecule has 1 amide bonds. The van der Waals surface area contributed by atoms with Crippen LogP contribution in [0.2, 0.25) is 0 Å². The van der Waals surface area contributed by atoms with E-state index in [4.69, 9.17) is 0 Å². The molecule has 0 saturated heterocycles. The van der Waals surface area contributed by atoms with Gasteiger partial charge in [-0.3, -0.25) is 14.5 Å². The van der Waals surface area contributed by atoms with Crippen molar-refractivity contribution in [2.45, 2.75) is 40.2 Å². The molecule has 0 aliphatic heterocycles. The first-order valence-corrected chi connectivity index (χ1v) is 6.32. The molecule has 0 aromatic carbocycles. The number of hydrogen-bond acceptors (Lipinski definition) is 3. The number of allylic oxidation sites excluding steroid dienone is 1. The van der Waals surface area contributed by atoms with Gasteiger partial charge >= 0.3 is 0 Å². The predicted octanol–water partition coefficient (Wildman–Crippen LogP) is 1.61. The zero-order valence-corrected chi connectivity index (χ0v) is 12.4. The molecule has 0 atom stereocenters. The van der Waals surface area contributed by atoms with E-state index in [1.807, 2.05) is 46.6 Å². The average Bonchev–Trinajstić information content (AvgIpc) is 2.13. The van der Waals surface area contributed by atoms with Gasteiger partial charge in [0.05, 0.1) is 6.54 Å². The zero-order valence-electron chi connectivity index (χ0n) is 12.4. The van der Waals surface area contributed by atoms with Gasteiger partial charge in [-0.25, -0.2) is 0 Å². The summed E-state index contributed by atoms with van der Waals surface area (Å²) in [4.78, 5) is 24.8. The lowest BCUT2D eigenvalue weighted by Gasteiger charge is -2.22. The number of amides is 1. The van der Waals surface area contributed by atoms with Gasteiger partial charge in [-0.2, -0.15) is 0 Å². The maximum Gasteiger partial charge on any atom is 0.234 e. The van der Waals surface area contributed by atoms with Crippen LogP contribution in [-0.2, 0) is 9.59 Å². The molecule has 0 heterocycles. The molecule has 0 aromatic heterocycles. The first-order chi connectivity index (χ1) is 8.11. The van der Waals surface area contributed by atoms with Crippen LogP contribution in [0.15, 0.2) is 12.2 Å². The summed E-state index contributed by atoms with van der Waals surface area (Å²) in [7, 11) is 1.85. The highest BCUT2D eigenvalue weighted by Gasteiger charge is 2.14. The molecule has 4 nitrogen and oxygen atoms in total. The van der Waals surface area contributed by atoms with Crippen LogP contribution < -0.4 is 5.32 Å². The standard InChI is InChI=1S/C14H26N2O2/c1-11(2)12(17)8-7-9-16(6)10-13(18)15-14(3,4)5/h7-8,11H,9-10H2,1-6H3,(H,15,18)/b8-7+. The third-order valence-corrected chi connectivity index (χ3v) is 2.20. The average molecular weight is 254 g/mol. The summed E-state index contributed by atoms with van der Waals surface area (Å²) in [6.07, 6.45) is 3.38. The molecule has 0 spiro atoms. The van der Waals surface area contributed by atoms with Crippen LogP contribution in [0.5, 0.6) is 0 Å². The van der Waals surface area contributed by atoms with E-state index in [1.54, 1.807) is 12.2 Å². The van der Waals surface area contributed by atoms with Gasteiger partial charge in [-0.05, 0) is 33.9 Å². The van der Waals surface area contributed by atoms with Crippen molar-refractivity contribution in [1.29, 1.82) is 0 Å². The van der Waals surface area contributed by atoms with Crippen LogP contribution in [-0.4, -0.2) is 42.3 Å². The second-order valence-electron chi connectivity index (χ2n) is 5.95. The van der Waals surface area contributed by atoms with E-state index in [9.17, 15) is 9.59 Å². The molecule has 4 heteroatoms. The second kappa shape index (κ2) is 7.31. The molecule has 0 saturated carbocycles. The molecule has 1 N–H and O–H groups in total. The maximum absolute atomic E-state index is 11.6. The van der Waals surface area contributed by atoms with Crippen molar-refractivity contribution in [2.75, 3.05) is 20.1 Å². The van der Waals surface area contributed by atoms with Crippen LogP contribution in [0.1, 0.15) is 34.6 Å². The first-order valence-electron chi connectivity index (χ1n) is 6.32. The summed E-state index contributed by atoms with van der Waals surface area (Å²) in [5.41, 5.74) is -0.207. The van der Waals surface area contributed by atoms with Crippen LogP contribution in [0.3, 0.4) is 0 Å². The summed E-state index contributed by atoms with van der Waals surface area (Å²) < 4.78 is 0. The Morgan fingerprint density at radius 3 is 2.28 bits per heavy atom. The van der Waals surface area contributed by atoms with Gasteiger partial charge in [-0.1, -0.05) is 19.9 Å². The summed E-state index contributed by atoms with van der Waals surface area (Å²) >= 11 is 0. The van der Waals surface area contributed by atoms with Gasteiger partial charge in [-0.15, -0.1) is 0 Å². The van der Waals surface area contributed by atoms with Gasteiger partial charge < -0.3 is 5.32 Å². The second-order valence-corrected chi connectivity index (χ2v) is 5.95. The minimum Gasteiger partial charge on any atom is -0.350 e. The zero-order chi connectivity index (χ0) is 14.3. The minimum atomic E-state index is -0.207. The Hall–Kier alpha value is -1.16. The van der Waals surface area contributed by atoms with Crippen molar-refractivity contribution < 1.29 is 9.59 Å². The van der Waals surface area contributed by atoms with E-state index >= 15 is 0 Å². The quantitative estimate of drug-likeness (QED) is 0.733. The van der Waals surface area contributed by atoms with Gasteiger partial charge in [0.1, 0.15) is 0 Å². The van der Waals surface area contributed by atoms with Crippen molar-refractivity contribution in [3.63, 3.8) is 0 Å². The summed E-state index contributed by atoms with van der Waals surface area (Å²) in [5, 5.41) is 2.90. The number of carbonyl (C=O) groups is 2. The molecular weight excluding hydrogens is 228 g/mol. The largest absolute Gasteiger partial charge is 0.350 e. The molecular formula is C14H26N2O2. The number of rotatable bonds is 6. The normalized spacial score (nSPS) is 12.4. The van der Waals surface area contributed by atoms with Crippen LogP contribution in [0.4, 0.5) is 0 Å². The number of nitrogens with zero attached hydrogens (tertiary/aromatic N) is 1. The van der Waals surface area contributed by atoms with E-state index in [1.165, 1.54) is 0 Å². The lowest BCUT2D eigenvalue weighted by Crippen LogP contribution is -2.45. The maximum atomic E-state index is 11.6. The van der Waals surface area contributed by atoms with Crippen molar-refractivity contribution >= 4 is 11.7 Å². The highest BCUT2D eigenvalue weighted by Crippen LogP contribution is 1.99. The fourth-order valence-electron chi connectivity index (χ4n) is 1.31. The van der Waals surface area contributed by atoms with Gasteiger partial charge in [0.2, 0.25) is 5.91 Å². The lowest BCUT2D eigenvalue weighted by molar-refractivity contribution is -0.123.